The standard InChI is InChI=1S/C26H27FN4O4/c27-22-5-4-18-15-20(22)21-14-17(3-6-23(21)32)7-10-29-24(33)2-1-12-31(13-11-30-25(18)34)26(35)19-8-9-28-16-19/h3-6,8-9,14-16,28,32H,1-2,7,10-13H2,(H,29,33)(H,30,34). The van der Waals surface area contributed by atoms with Crippen molar-refractivity contribution in [2.45, 2.75) is 19.3 Å². The van der Waals surface area contributed by atoms with Gasteiger partial charge in [-0.05, 0) is 54.8 Å². The summed E-state index contributed by atoms with van der Waals surface area (Å²) in [6.07, 6.45) is 4.46. The van der Waals surface area contributed by atoms with E-state index in [1.54, 1.807) is 35.5 Å². The number of nitrogens with one attached hydrogen (secondary N) is 3. The monoisotopic (exact) mass is 478 g/mol. The molecule has 1 aliphatic heterocycles. The minimum Gasteiger partial charge on any atom is -0.507 e. The molecule has 1 aromatic heterocycles. The molecule has 0 spiro atoms. The van der Waals surface area contributed by atoms with Crippen molar-refractivity contribution >= 4 is 17.7 Å². The quantitative estimate of drug-likeness (QED) is 0.431. The van der Waals surface area contributed by atoms with Gasteiger partial charge in [0.15, 0.2) is 0 Å². The lowest BCUT2D eigenvalue weighted by atomic mass is 9.98. The summed E-state index contributed by atoms with van der Waals surface area (Å²) in [4.78, 5) is 42.4. The molecule has 0 saturated carbocycles. The molecule has 1 aliphatic rings. The summed E-state index contributed by atoms with van der Waals surface area (Å²) in [6.45, 7) is 1.15. The highest BCUT2D eigenvalue weighted by Gasteiger charge is 2.18. The Morgan fingerprint density at radius 2 is 1.80 bits per heavy atom. The van der Waals surface area contributed by atoms with Gasteiger partial charge in [0.2, 0.25) is 5.91 Å². The number of fused-ring (bicyclic) bond motifs is 5. The van der Waals surface area contributed by atoms with Gasteiger partial charge in [0.25, 0.3) is 11.8 Å². The van der Waals surface area contributed by atoms with Crippen LogP contribution in [0.2, 0.25) is 0 Å². The molecule has 2 aromatic carbocycles. The van der Waals surface area contributed by atoms with E-state index in [1.165, 1.54) is 24.3 Å². The van der Waals surface area contributed by atoms with E-state index in [9.17, 15) is 23.9 Å². The number of amides is 3. The molecule has 3 amide bonds. The lowest BCUT2D eigenvalue weighted by molar-refractivity contribution is -0.121. The molecule has 0 saturated heterocycles. The summed E-state index contributed by atoms with van der Waals surface area (Å²) in [7, 11) is 0. The smallest absolute Gasteiger partial charge is 0.255 e. The first-order valence-corrected chi connectivity index (χ1v) is 11.5. The van der Waals surface area contributed by atoms with Crippen LogP contribution >= 0.6 is 0 Å². The summed E-state index contributed by atoms with van der Waals surface area (Å²) in [5, 5.41) is 16.0. The van der Waals surface area contributed by atoms with E-state index in [2.05, 4.69) is 15.6 Å². The number of phenolic OH excluding ortho intramolecular Hbond substituents is 1. The van der Waals surface area contributed by atoms with E-state index in [0.717, 1.165) is 5.56 Å². The van der Waals surface area contributed by atoms with Gasteiger partial charge in [-0.2, -0.15) is 0 Å². The van der Waals surface area contributed by atoms with Gasteiger partial charge >= 0.3 is 0 Å². The molecule has 9 heteroatoms. The highest BCUT2D eigenvalue weighted by molar-refractivity contribution is 5.96. The third-order valence-electron chi connectivity index (χ3n) is 5.95. The molecule has 0 fully saturated rings. The predicted molar refractivity (Wildman–Crippen MR) is 128 cm³/mol. The average Bonchev–Trinajstić information content (AvgIpc) is 3.38. The van der Waals surface area contributed by atoms with Gasteiger partial charge in [-0.3, -0.25) is 14.4 Å². The Balaban J connectivity index is 1.60. The first-order chi connectivity index (χ1) is 16.9. The number of hydrogen-bond acceptors (Lipinski definition) is 4. The van der Waals surface area contributed by atoms with Crippen LogP contribution in [0.3, 0.4) is 0 Å². The number of hydrogen-bond donors (Lipinski definition) is 4. The minimum absolute atomic E-state index is 0.103. The molecule has 8 nitrogen and oxygen atoms in total. The van der Waals surface area contributed by atoms with Gasteiger partial charge < -0.3 is 25.6 Å². The van der Waals surface area contributed by atoms with E-state index < -0.39 is 11.7 Å². The lowest BCUT2D eigenvalue weighted by Gasteiger charge is -2.22. The fourth-order valence-electron chi connectivity index (χ4n) is 4.05. The summed E-state index contributed by atoms with van der Waals surface area (Å²) < 4.78 is 14.7. The molecule has 35 heavy (non-hydrogen) atoms. The molecule has 3 aromatic rings. The van der Waals surface area contributed by atoms with Crippen LogP contribution in [0.15, 0.2) is 54.9 Å². The molecule has 4 rings (SSSR count). The normalized spacial score (nSPS) is 15.5. The third-order valence-corrected chi connectivity index (χ3v) is 5.95. The van der Waals surface area contributed by atoms with Crippen molar-refractivity contribution in [3.8, 4) is 16.9 Å². The first-order valence-electron chi connectivity index (χ1n) is 11.5. The largest absolute Gasteiger partial charge is 0.507 e. The first kappa shape index (κ1) is 24.0. The highest BCUT2D eigenvalue weighted by atomic mass is 19.1. The molecular weight excluding hydrogens is 451 g/mol. The van der Waals surface area contributed by atoms with Crippen LogP contribution in [-0.4, -0.2) is 58.9 Å². The summed E-state index contributed by atoms with van der Waals surface area (Å²) in [5.41, 5.74) is 1.91. The lowest BCUT2D eigenvalue weighted by Crippen LogP contribution is -2.39. The van der Waals surface area contributed by atoms with E-state index in [1.807, 2.05) is 0 Å². The van der Waals surface area contributed by atoms with Crippen LogP contribution < -0.4 is 10.6 Å². The Kier molecular flexibility index (Phi) is 7.45. The fourth-order valence-corrected chi connectivity index (χ4v) is 4.05. The molecule has 182 valence electrons. The maximum atomic E-state index is 14.7. The maximum absolute atomic E-state index is 14.7. The van der Waals surface area contributed by atoms with Crippen molar-refractivity contribution in [3.63, 3.8) is 0 Å². The van der Waals surface area contributed by atoms with E-state index >= 15 is 0 Å². The highest BCUT2D eigenvalue weighted by Crippen LogP contribution is 2.32. The Labute approximate surface area is 202 Å². The molecule has 4 N–H and O–H groups in total. The number of aromatic nitrogens is 1. The molecule has 0 atom stereocenters. The van der Waals surface area contributed by atoms with Gasteiger partial charge in [-0.1, -0.05) is 6.07 Å². The van der Waals surface area contributed by atoms with Crippen LogP contribution in [0.25, 0.3) is 11.1 Å². The second-order valence-electron chi connectivity index (χ2n) is 8.40. The number of carbonyl (C=O) groups is 3. The van der Waals surface area contributed by atoms with Crippen LogP contribution in [0.4, 0.5) is 4.39 Å². The maximum Gasteiger partial charge on any atom is 0.255 e. The summed E-state index contributed by atoms with van der Waals surface area (Å²) in [6, 6.07) is 10.5. The van der Waals surface area contributed by atoms with Crippen molar-refractivity contribution in [2.75, 3.05) is 26.2 Å². The van der Waals surface area contributed by atoms with Crippen molar-refractivity contribution < 1.29 is 23.9 Å². The van der Waals surface area contributed by atoms with Crippen molar-refractivity contribution in [2.24, 2.45) is 0 Å². The van der Waals surface area contributed by atoms with E-state index in [4.69, 9.17) is 0 Å². The van der Waals surface area contributed by atoms with E-state index in [0.29, 0.717) is 31.5 Å². The number of aromatic hydroxyl groups is 1. The van der Waals surface area contributed by atoms with Gasteiger partial charge in [0.05, 0.1) is 5.56 Å². The van der Waals surface area contributed by atoms with Gasteiger partial charge in [-0.25, -0.2) is 4.39 Å². The Morgan fingerprint density at radius 3 is 2.60 bits per heavy atom. The third kappa shape index (κ3) is 5.87. The number of nitrogens with zero attached hydrogens (tertiary/aromatic N) is 1. The SMILES string of the molecule is O=C1CCCN(C(=O)c2cc[nH]c2)CCNC(=O)c2ccc(F)c(c2)-c2cc(ccc2O)CCN1. The second-order valence-corrected chi connectivity index (χ2v) is 8.40. The number of H-pyrrole nitrogens is 1. The fraction of sp³-hybridized carbons (Fsp3) is 0.269. The number of carbonyl (C=O) groups excluding carboxylic acids is 3. The Morgan fingerprint density at radius 1 is 0.943 bits per heavy atom. The van der Waals surface area contributed by atoms with Crippen LogP contribution in [0.1, 0.15) is 39.1 Å². The van der Waals surface area contributed by atoms with E-state index in [-0.39, 0.29) is 53.8 Å². The Hall–Kier alpha value is -4.14. The zero-order valence-electron chi connectivity index (χ0n) is 19.1. The molecule has 0 radical (unpaired) electrons. The number of halogens is 1. The topological polar surface area (TPSA) is 115 Å². The predicted octanol–water partition coefficient (Wildman–Crippen LogP) is 2.85. The zero-order chi connectivity index (χ0) is 24.8. The Bertz CT molecular complexity index is 1230. The molecule has 4 bridgehead atoms. The molecule has 0 aliphatic carbocycles. The number of benzene rings is 2. The molecule has 2 heterocycles. The summed E-state index contributed by atoms with van der Waals surface area (Å²) >= 11 is 0. The number of aromatic amines is 1. The van der Waals surface area contributed by atoms with Crippen molar-refractivity contribution in [1.29, 1.82) is 0 Å². The van der Waals surface area contributed by atoms with Crippen LogP contribution in [0, 0.1) is 5.82 Å². The average molecular weight is 479 g/mol. The van der Waals surface area contributed by atoms with Crippen molar-refractivity contribution in [3.05, 3.63) is 77.4 Å². The van der Waals surface area contributed by atoms with Crippen LogP contribution in [0.5, 0.6) is 5.75 Å². The zero-order valence-corrected chi connectivity index (χ0v) is 19.1. The van der Waals surface area contributed by atoms with Crippen molar-refractivity contribution in [1.82, 2.24) is 20.5 Å². The van der Waals surface area contributed by atoms with Crippen LogP contribution in [-0.2, 0) is 11.2 Å². The molecular formula is C26H27FN4O4. The molecule has 0 unspecified atom stereocenters. The minimum atomic E-state index is -0.569. The van der Waals surface area contributed by atoms with Gasteiger partial charge in [0.1, 0.15) is 11.6 Å². The second kappa shape index (κ2) is 10.9. The number of rotatable bonds is 1. The number of phenols is 1. The van der Waals surface area contributed by atoms with Gasteiger partial charge in [-0.15, -0.1) is 0 Å². The summed E-state index contributed by atoms with van der Waals surface area (Å²) in [5.74, 6) is -1.43. The van der Waals surface area contributed by atoms with Gasteiger partial charge in [0, 0.05) is 61.7 Å².